The summed E-state index contributed by atoms with van der Waals surface area (Å²) in [4.78, 5) is 4.65. The first-order valence-corrected chi connectivity index (χ1v) is 11.4. The van der Waals surface area contributed by atoms with Gasteiger partial charge in [0.25, 0.3) is 0 Å². The van der Waals surface area contributed by atoms with E-state index in [0.717, 1.165) is 30.4 Å². The van der Waals surface area contributed by atoms with Crippen molar-refractivity contribution < 1.29 is 23.7 Å². The number of aryl methyl sites for hydroxylation is 1. The average molecular weight is 454 g/mol. The van der Waals surface area contributed by atoms with E-state index < -0.39 is 5.82 Å². The van der Waals surface area contributed by atoms with Gasteiger partial charge in [0, 0.05) is 17.7 Å². The number of nitrogens with zero attached hydrogens (tertiary/aromatic N) is 1. The quantitative estimate of drug-likeness (QED) is 0.462. The monoisotopic (exact) mass is 453 g/mol. The highest BCUT2D eigenvalue weighted by Crippen LogP contribution is 2.36. The van der Waals surface area contributed by atoms with Gasteiger partial charge in [0.05, 0.1) is 6.61 Å². The van der Waals surface area contributed by atoms with Crippen molar-refractivity contribution in [3.63, 3.8) is 0 Å². The topological polar surface area (TPSA) is 62.6 Å². The first-order chi connectivity index (χ1) is 15.9. The van der Waals surface area contributed by atoms with Crippen molar-refractivity contribution in [1.29, 1.82) is 0 Å². The third-order valence-corrected chi connectivity index (χ3v) is 6.49. The SMILES string of the molecule is Cc1cc(-c2nc(Cc3c(CC4CCC4)cc(OCCO)c(F)c3C)ccc2O)ccc1F. The summed E-state index contributed by atoms with van der Waals surface area (Å²) < 4.78 is 34.3. The molecule has 1 aromatic heterocycles. The van der Waals surface area contributed by atoms with Gasteiger partial charge in [-0.2, -0.15) is 0 Å². The van der Waals surface area contributed by atoms with Gasteiger partial charge in [-0.25, -0.2) is 13.8 Å². The number of ether oxygens (including phenoxy) is 1. The van der Waals surface area contributed by atoms with Crippen LogP contribution < -0.4 is 4.74 Å². The van der Waals surface area contributed by atoms with Gasteiger partial charge in [0.2, 0.25) is 0 Å². The lowest BCUT2D eigenvalue weighted by Gasteiger charge is -2.27. The van der Waals surface area contributed by atoms with Crippen molar-refractivity contribution in [2.45, 2.75) is 46.0 Å². The maximum Gasteiger partial charge on any atom is 0.168 e. The standard InChI is InChI=1S/C27H29F2NO3/c1-16-12-19(6-8-23(16)28)27-24(32)9-7-21(30-27)15-22-17(2)26(29)25(33-11-10-31)14-20(22)13-18-4-3-5-18/h6-9,12,14,18,31-32H,3-5,10-11,13,15H2,1-2H3. The molecule has 1 saturated carbocycles. The molecule has 4 nitrogen and oxygen atoms in total. The predicted molar refractivity (Wildman–Crippen MR) is 124 cm³/mol. The number of aromatic hydroxyl groups is 1. The van der Waals surface area contributed by atoms with Gasteiger partial charge < -0.3 is 14.9 Å². The number of hydrogen-bond donors (Lipinski definition) is 2. The molecule has 0 spiro atoms. The van der Waals surface area contributed by atoms with Crippen LogP contribution in [0.1, 0.15) is 47.2 Å². The lowest BCUT2D eigenvalue weighted by atomic mass is 9.79. The molecule has 1 aliphatic carbocycles. The van der Waals surface area contributed by atoms with E-state index in [-0.39, 0.29) is 30.5 Å². The second kappa shape index (κ2) is 9.87. The minimum atomic E-state index is -0.427. The minimum Gasteiger partial charge on any atom is -0.506 e. The Bertz CT molecular complexity index is 1160. The Morgan fingerprint density at radius 3 is 2.55 bits per heavy atom. The first-order valence-electron chi connectivity index (χ1n) is 11.4. The van der Waals surface area contributed by atoms with Crippen molar-refractivity contribution in [3.8, 4) is 22.8 Å². The van der Waals surface area contributed by atoms with E-state index in [1.165, 1.54) is 12.5 Å². The molecule has 4 rings (SSSR count). The number of benzene rings is 2. The van der Waals surface area contributed by atoms with E-state index in [1.807, 2.05) is 0 Å². The second-order valence-corrected chi connectivity index (χ2v) is 8.84. The molecule has 3 aromatic rings. The van der Waals surface area contributed by atoms with E-state index in [1.54, 1.807) is 44.2 Å². The van der Waals surface area contributed by atoms with Crippen LogP contribution in [0, 0.1) is 31.4 Å². The summed E-state index contributed by atoms with van der Waals surface area (Å²) in [7, 11) is 0. The fourth-order valence-electron chi connectivity index (χ4n) is 4.34. The van der Waals surface area contributed by atoms with Crippen LogP contribution in [0.3, 0.4) is 0 Å². The summed E-state index contributed by atoms with van der Waals surface area (Å²) >= 11 is 0. The maximum atomic E-state index is 15.1. The average Bonchev–Trinajstić information content (AvgIpc) is 2.77. The lowest BCUT2D eigenvalue weighted by molar-refractivity contribution is 0.196. The van der Waals surface area contributed by atoms with Crippen molar-refractivity contribution in [1.82, 2.24) is 4.98 Å². The third-order valence-electron chi connectivity index (χ3n) is 6.49. The fraction of sp³-hybridized carbons (Fsp3) is 0.370. The molecule has 0 aliphatic heterocycles. The van der Waals surface area contributed by atoms with Gasteiger partial charge in [-0.15, -0.1) is 0 Å². The Morgan fingerprint density at radius 1 is 1.09 bits per heavy atom. The highest BCUT2D eigenvalue weighted by Gasteiger charge is 2.23. The number of aliphatic hydroxyl groups is 1. The van der Waals surface area contributed by atoms with Gasteiger partial charge >= 0.3 is 0 Å². The molecule has 1 aliphatic rings. The number of hydrogen-bond acceptors (Lipinski definition) is 4. The molecule has 0 bridgehead atoms. The Kier molecular flexibility index (Phi) is 6.94. The largest absolute Gasteiger partial charge is 0.506 e. The fourth-order valence-corrected chi connectivity index (χ4v) is 4.34. The number of aromatic nitrogens is 1. The molecular formula is C27H29F2NO3. The zero-order valence-electron chi connectivity index (χ0n) is 19.0. The maximum absolute atomic E-state index is 15.1. The first kappa shape index (κ1) is 23.2. The van der Waals surface area contributed by atoms with Gasteiger partial charge in [0.15, 0.2) is 11.6 Å². The van der Waals surface area contributed by atoms with Crippen molar-refractivity contribution in [3.05, 3.63) is 76.0 Å². The normalized spacial score (nSPS) is 13.7. The molecule has 2 N–H and O–H groups in total. The van der Waals surface area contributed by atoms with E-state index >= 15 is 4.39 Å². The van der Waals surface area contributed by atoms with Crippen molar-refractivity contribution in [2.75, 3.05) is 13.2 Å². The van der Waals surface area contributed by atoms with Crippen LogP contribution in [0.2, 0.25) is 0 Å². The number of rotatable bonds is 8. The third kappa shape index (κ3) is 5.01. The summed E-state index contributed by atoms with van der Waals surface area (Å²) in [6.07, 6.45) is 4.78. The highest BCUT2D eigenvalue weighted by molar-refractivity contribution is 5.67. The molecule has 0 amide bonds. The molecule has 0 unspecified atom stereocenters. The van der Waals surface area contributed by atoms with Crippen LogP contribution in [-0.4, -0.2) is 28.4 Å². The number of pyridine rings is 1. The molecule has 6 heteroatoms. The van der Waals surface area contributed by atoms with E-state index in [9.17, 15) is 9.50 Å². The van der Waals surface area contributed by atoms with Gasteiger partial charge in [-0.3, -0.25) is 0 Å². The summed E-state index contributed by atoms with van der Waals surface area (Å²) in [6.45, 7) is 3.27. The van der Waals surface area contributed by atoms with Gasteiger partial charge in [-0.05, 0) is 84.8 Å². The van der Waals surface area contributed by atoms with Crippen LogP contribution in [0.15, 0.2) is 36.4 Å². The van der Waals surface area contributed by atoms with E-state index in [2.05, 4.69) is 4.98 Å². The number of halogens is 2. The Morgan fingerprint density at radius 2 is 1.88 bits per heavy atom. The van der Waals surface area contributed by atoms with E-state index in [0.29, 0.717) is 40.4 Å². The zero-order valence-corrected chi connectivity index (χ0v) is 19.0. The zero-order chi connectivity index (χ0) is 23.5. The molecule has 0 atom stereocenters. The van der Waals surface area contributed by atoms with Crippen molar-refractivity contribution in [2.24, 2.45) is 5.92 Å². The molecule has 33 heavy (non-hydrogen) atoms. The second-order valence-electron chi connectivity index (χ2n) is 8.84. The molecule has 1 heterocycles. The van der Waals surface area contributed by atoms with Crippen LogP contribution >= 0.6 is 0 Å². The van der Waals surface area contributed by atoms with E-state index in [4.69, 9.17) is 9.84 Å². The minimum absolute atomic E-state index is 0.00936. The molecule has 1 fully saturated rings. The Hall–Kier alpha value is -2.99. The molecular weight excluding hydrogens is 424 g/mol. The van der Waals surface area contributed by atoms with Crippen LogP contribution in [0.5, 0.6) is 11.5 Å². The van der Waals surface area contributed by atoms with Crippen LogP contribution in [-0.2, 0) is 12.8 Å². The summed E-state index contributed by atoms with van der Waals surface area (Å²) in [5, 5.41) is 19.5. The smallest absolute Gasteiger partial charge is 0.168 e. The number of aliphatic hydroxyl groups excluding tert-OH is 1. The molecule has 0 radical (unpaired) electrons. The summed E-state index contributed by atoms with van der Waals surface area (Å²) in [6, 6.07) is 9.67. The Labute approximate surface area is 192 Å². The summed E-state index contributed by atoms with van der Waals surface area (Å²) in [5.74, 6) is 0.00862. The molecule has 2 aromatic carbocycles. The molecule has 0 saturated heterocycles. The van der Waals surface area contributed by atoms with Gasteiger partial charge in [0.1, 0.15) is 23.9 Å². The lowest BCUT2D eigenvalue weighted by Crippen LogP contribution is -2.16. The van der Waals surface area contributed by atoms with Gasteiger partial charge in [-0.1, -0.05) is 19.3 Å². The van der Waals surface area contributed by atoms with Crippen LogP contribution in [0.4, 0.5) is 8.78 Å². The highest BCUT2D eigenvalue weighted by atomic mass is 19.1. The summed E-state index contributed by atoms with van der Waals surface area (Å²) in [5.41, 5.74) is 4.56. The Balaban J connectivity index is 1.71. The predicted octanol–water partition coefficient (Wildman–Crippen LogP) is 5.65. The van der Waals surface area contributed by atoms with Crippen LogP contribution in [0.25, 0.3) is 11.3 Å². The van der Waals surface area contributed by atoms with Crippen molar-refractivity contribution >= 4 is 0 Å². The molecule has 174 valence electrons.